The predicted octanol–water partition coefficient (Wildman–Crippen LogP) is 4.01. The molecule has 1 spiro atoms. The maximum atomic E-state index is 6.37. The first-order chi connectivity index (χ1) is 14.1. The summed E-state index contributed by atoms with van der Waals surface area (Å²) in [4.78, 5) is 15.7. The molecule has 4 N–H and O–H groups in total. The Morgan fingerprint density at radius 1 is 0.862 bits per heavy atom. The van der Waals surface area contributed by atoms with Gasteiger partial charge in [-0.1, -0.05) is 36.8 Å². The molecule has 1 aliphatic carbocycles. The van der Waals surface area contributed by atoms with Gasteiger partial charge in [0.15, 0.2) is 0 Å². The normalized spacial score (nSPS) is 18.6. The first kappa shape index (κ1) is 17.7. The van der Waals surface area contributed by atoms with Crippen molar-refractivity contribution in [2.24, 2.45) is 21.5 Å². The molecule has 3 aromatic rings. The van der Waals surface area contributed by atoms with Crippen LogP contribution in [0, 0.1) is 0 Å². The number of aromatic nitrogens is 1. The van der Waals surface area contributed by atoms with Gasteiger partial charge in [-0.05, 0) is 55.5 Å². The van der Waals surface area contributed by atoms with E-state index in [0.717, 1.165) is 53.4 Å². The van der Waals surface area contributed by atoms with Gasteiger partial charge in [-0.25, -0.2) is 4.99 Å². The highest BCUT2D eigenvalue weighted by molar-refractivity contribution is 6.05. The Morgan fingerprint density at radius 2 is 1.69 bits per heavy atom. The van der Waals surface area contributed by atoms with Crippen LogP contribution < -0.4 is 16.4 Å². The summed E-state index contributed by atoms with van der Waals surface area (Å²) in [5.41, 5.74) is 16.1. The zero-order valence-electron chi connectivity index (χ0n) is 16.3. The number of benzene rings is 2. The lowest BCUT2D eigenvalue weighted by Gasteiger charge is -2.45. The van der Waals surface area contributed by atoms with Crippen LogP contribution in [0.1, 0.15) is 32.1 Å². The molecule has 146 valence electrons. The largest absolute Gasteiger partial charge is 0.369 e. The SMILES string of the molecule is NC1=NC2(CCCCC2)N(c2cccc(-c3cnc4ccccc4c3)c2)C(N)=N1. The number of nitrogens with two attached hydrogens (primary N) is 2. The molecule has 0 radical (unpaired) electrons. The van der Waals surface area contributed by atoms with E-state index < -0.39 is 5.66 Å². The maximum Gasteiger partial charge on any atom is 0.220 e. The van der Waals surface area contributed by atoms with Gasteiger partial charge >= 0.3 is 0 Å². The minimum atomic E-state index is -0.436. The molecule has 0 amide bonds. The van der Waals surface area contributed by atoms with Crippen molar-refractivity contribution in [2.75, 3.05) is 4.90 Å². The Balaban J connectivity index is 1.58. The Morgan fingerprint density at radius 3 is 2.55 bits per heavy atom. The first-order valence-electron chi connectivity index (χ1n) is 10.1. The summed E-state index contributed by atoms with van der Waals surface area (Å²) in [6, 6.07) is 18.7. The molecule has 5 rings (SSSR count). The van der Waals surface area contributed by atoms with E-state index in [2.05, 4.69) is 45.2 Å². The minimum absolute atomic E-state index is 0.274. The maximum absolute atomic E-state index is 6.37. The third-order valence-electron chi connectivity index (χ3n) is 5.88. The molecular weight excluding hydrogens is 360 g/mol. The van der Waals surface area contributed by atoms with Crippen LogP contribution in [0.5, 0.6) is 0 Å². The number of rotatable bonds is 2. The molecule has 1 saturated carbocycles. The van der Waals surface area contributed by atoms with Crippen molar-refractivity contribution in [2.45, 2.75) is 37.8 Å². The molecule has 0 unspecified atom stereocenters. The van der Waals surface area contributed by atoms with Crippen molar-refractivity contribution in [1.29, 1.82) is 0 Å². The van der Waals surface area contributed by atoms with Gasteiger partial charge in [0.1, 0.15) is 5.66 Å². The fraction of sp³-hybridized carbons (Fsp3) is 0.261. The lowest BCUT2D eigenvalue weighted by Crippen LogP contribution is -2.58. The van der Waals surface area contributed by atoms with Crippen LogP contribution >= 0.6 is 0 Å². The average Bonchev–Trinajstić information content (AvgIpc) is 2.73. The van der Waals surface area contributed by atoms with Crippen LogP contribution in [-0.2, 0) is 0 Å². The van der Waals surface area contributed by atoms with Crippen molar-refractivity contribution in [1.82, 2.24) is 4.98 Å². The second-order valence-electron chi connectivity index (χ2n) is 7.79. The van der Waals surface area contributed by atoms with Gasteiger partial charge in [-0.15, -0.1) is 0 Å². The summed E-state index contributed by atoms with van der Waals surface area (Å²) >= 11 is 0. The van der Waals surface area contributed by atoms with Gasteiger partial charge in [-0.3, -0.25) is 9.88 Å². The van der Waals surface area contributed by atoms with Crippen molar-refractivity contribution in [3.8, 4) is 11.1 Å². The number of aliphatic imine (C=N–C) groups is 2. The molecular formula is C23H24N6. The molecule has 6 heteroatoms. The number of para-hydroxylation sites is 1. The molecule has 1 aliphatic heterocycles. The molecule has 0 bridgehead atoms. The Labute approximate surface area is 170 Å². The average molecular weight is 384 g/mol. The van der Waals surface area contributed by atoms with Crippen LogP contribution in [0.25, 0.3) is 22.0 Å². The van der Waals surface area contributed by atoms with E-state index in [1.807, 2.05) is 30.5 Å². The van der Waals surface area contributed by atoms with Crippen LogP contribution in [-0.4, -0.2) is 22.6 Å². The number of guanidine groups is 2. The second kappa shape index (κ2) is 6.88. The van der Waals surface area contributed by atoms with Crippen molar-refractivity contribution in [3.63, 3.8) is 0 Å². The predicted molar refractivity (Wildman–Crippen MR) is 119 cm³/mol. The highest BCUT2D eigenvalue weighted by Crippen LogP contribution is 2.40. The Bertz CT molecular complexity index is 1130. The van der Waals surface area contributed by atoms with Gasteiger partial charge in [0.25, 0.3) is 0 Å². The fourth-order valence-electron chi connectivity index (χ4n) is 4.55. The number of hydrogen-bond donors (Lipinski definition) is 2. The molecule has 2 aliphatic rings. The zero-order valence-corrected chi connectivity index (χ0v) is 16.3. The fourth-order valence-corrected chi connectivity index (χ4v) is 4.55. The lowest BCUT2D eigenvalue weighted by molar-refractivity contribution is 0.305. The van der Waals surface area contributed by atoms with Gasteiger partial charge in [-0.2, -0.15) is 4.99 Å². The first-order valence-corrected chi connectivity index (χ1v) is 10.1. The summed E-state index contributed by atoms with van der Waals surface area (Å²) < 4.78 is 0. The molecule has 2 aromatic carbocycles. The highest BCUT2D eigenvalue weighted by Gasteiger charge is 2.42. The molecule has 0 atom stereocenters. The third-order valence-corrected chi connectivity index (χ3v) is 5.88. The standard InChI is InChI=1S/C23H24N6/c24-21-27-22(25)29(23(28-21)11-4-1-5-12-23)19-9-6-8-16(14-19)18-13-17-7-2-3-10-20(17)26-15-18/h2-3,6-10,13-15H,1,4-5,11-12H2,(H4,24,25,27,28). The molecule has 1 fully saturated rings. The van der Waals surface area contributed by atoms with E-state index in [9.17, 15) is 0 Å². The number of nitrogens with zero attached hydrogens (tertiary/aromatic N) is 4. The van der Waals surface area contributed by atoms with Gasteiger partial charge < -0.3 is 11.5 Å². The summed E-state index contributed by atoms with van der Waals surface area (Å²) in [6.07, 6.45) is 7.19. The molecule has 0 saturated heterocycles. The summed E-state index contributed by atoms with van der Waals surface area (Å²) in [5, 5.41) is 1.12. The van der Waals surface area contributed by atoms with E-state index in [-0.39, 0.29) is 5.96 Å². The number of pyridine rings is 1. The van der Waals surface area contributed by atoms with Crippen LogP contribution in [0.3, 0.4) is 0 Å². The Hall–Kier alpha value is -3.41. The van der Waals surface area contributed by atoms with Crippen LogP contribution in [0.15, 0.2) is 70.8 Å². The van der Waals surface area contributed by atoms with E-state index in [4.69, 9.17) is 16.5 Å². The number of anilines is 1. The lowest BCUT2D eigenvalue weighted by atomic mass is 9.87. The van der Waals surface area contributed by atoms with E-state index in [1.165, 1.54) is 6.42 Å². The molecule has 1 aromatic heterocycles. The topological polar surface area (TPSA) is 92.9 Å². The van der Waals surface area contributed by atoms with Crippen molar-refractivity contribution < 1.29 is 0 Å². The van der Waals surface area contributed by atoms with Gasteiger partial charge in [0, 0.05) is 22.8 Å². The smallest absolute Gasteiger partial charge is 0.220 e. The summed E-state index contributed by atoms with van der Waals surface area (Å²) in [5.74, 6) is 0.684. The molecule has 6 nitrogen and oxygen atoms in total. The molecule has 2 heterocycles. The Kier molecular flexibility index (Phi) is 4.19. The zero-order chi connectivity index (χ0) is 19.8. The van der Waals surface area contributed by atoms with E-state index >= 15 is 0 Å². The van der Waals surface area contributed by atoms with E-state index in [0.29, 0.717) is 5.96 Å². The van der Waals surface area contributed by atoms with Crippen molar-refractivity contribution >= 4 is 28.5 Å². The number of fused-ring (bicyclic) bond motifs is 1. The monoisotopic (exact) mass is 384 g/mol. The molecule has 29 heavy (non-hydrogen) atoms. The van der Waals surface area contributed by atoms with Crippen LogP contribution in [0.4, 0.5) is 5.69 Å². The second-order valence-corrected chi connectivity index (χ2v) is 7.79. The highest BCUT2D eigenvalue weighted by atomic mass is 15.4. The van der Waals surface area contributed by atoms with Gasteiger partial charge in [0.05, 0.1) is 5.52 Å². The summed E-state index contributed by atoms with van der Waals surface area (Å²) in [7, 11) is 0. The van der Waals surface area contributed by atoms with Gasteiger partial charge in [0.2, 0.25) is 11.9 Å². The van der Waals surface area contributed by atoms with E-state index in [1.54, 1.807) is 0 Å². The van der Waals surface area contributed by atoms with Crippen molar-refractivity contribution in [3.05, 3.63) is 60.8 Å². The third kappa shape index (κ3) is 3.10. The van der Waals surface area contributed by atoms with Crippen LogP contribution in [0.2, 0.25) is 0 Å². The number of hydrogen-bond acceptors (Lipinski definition) is 6. The quantitative estimate of drug-likeness (QED) is 0.698. The summed E-state index contributed by atoms with van der Waals surface area (Å²) in [6.45, 7) is 0. The minimum Gasteiger partial charge on any atom is -0.369 e.